The first-order valence-electron chi connectivity index (χ1n) is 7.90. The highest BCUT2D eigenvalue weighted by Crippen LogP contribution is 2.23. The lowest BCUT2D eigenvalue weighted by Crippen LogP contribution is -2.05. The summed E-state index contributed by atoms with van der Waals surface area (Å²) in [6, 6.07) is 14.2. The van der Waals surface area contributed by atoms with E-state index in [-0.39, 0.29) is 13.2 Å². The van der Waals surface area contributed by atoms with E-state index in [0.717, 1.165) is 17.0 Å². The van der Waals surface area contributed by atoms with Gasteiger partial charge >= 0.3 is 5.97 Å². The molecule has 1 heterocycles. The number of rotatable bonds is 7. The molecule has 0 radical (unpaired) electrons. The maximum absolute atomic E-state index is 12.0. The predicted octanol–water partition coefficient (Wildman–Crippen LogP) is 3.74. The molecule has 0 amide bonds. The zero-order chi connectivity index (χ0) is 18.4. The number of esters is 1. The van der Waals surface area contributed by atoms with Crippen LogP contribution in [-0.2, 0) is 18.0 Å². The van der Waals surface area contributed by atoms with Gasteiger partial charge in [0.05, 0.1) is 25.0 Å². The number of nitrogens with zero attached hydrogens (tertiary/aromatic N) is 1. The van der Waals surface area contributed by atoms with Crippen LogP contribution >= 0.6 is 11.3 Å². The van der Waals surface area contributed by atoms with E-state index < -0.39 is 5.97 Å². The van der Waals surface area contributed by atoms with Crippen molar-refractivity contribution >= 4 is 28.1 Å². The van der Waals surface area contributed by atoms with E-state index in [1.165, 1.54) is 11.3 Å². The summed E-state index contributed by atoms with van der Waals surface area (Å²) in [7, 11) is 1.62. The van der Waals surface area contributed by atoms with Gasteiger partial charge in [0.2, 0.25) is 0 Å². The van der Waals surface area contributed by atoms with Crippen LogP contribution in [0.3, 0.4) is 0 Å². The lowest BCUT2D eigenvalue weighted by molar-refractivity contribution is 0.0468. The van der Waals surface area contributed by atoms with E-state index in [4.69, 9.17) is 14.6 Å². The zero-order valence-corrected chi connectivity index (χ0v) is 15.0. The van der Waals surface area contributed by atoms with Gasteiger partial charge in [-0.15, -0.1) is 11.3 Å². The Morgan fingerprint density at radius 2 is 1.88 bits per heavy atom. The summed E-state index contributed by atoms with van der Waals surface area (Å²) in [5, 5.41) is 14.8. The van der Waals surface area contributed by atoms with Gasteiger partial charge in [0, 0.05) is 11.1 Å². The summed E-state index contributed by atoms with van der Waals surface area (Å²) in [6.07, 6.45) is 0. The van der Waals surface area contributed by atoms with Crippen molar-refractivity contribution in [3.63, 3.8) is 0 Å². The Morgan fingerprint density at radius 1 is 1.15 bits per heavy atom. The van der Waals surface area contributed by atoms with Gasteiger partial charge in [-0.2, -0.15) is 0 Å². The van der Waals surface area contributed by atoms with Crippen LogP contribution < -0.4 is 10.1 Å². The first kappa shape index (κ1) is 17.9. The van der Waals surface area contributed by atoms with Gasteiger partial charge in [-0.25, -0.2) is 9.78 Å². The molecule has 0 unspecified atom stereocenters. The second-order valence-corrected chi connectivity index (χ2v) is 6.29. The van der Waals surface area contributed by atoms with Crippen LogP contribution in [0.25, 0.3) is 0 Å². The van der Waals surface area contributed by atoms with E-state index in [1.54, 1.807) is 31.4 Å². The maximum atomic E-state index is 12.0. The largest absolute Gasteiger partial charge is 0.497 e. The number of hydrogen-bond donors (Lipinski definition) is 2. The molecule has 3 rings (SSSR count). The minimum atomic E-state index is -0.424. The molecule has 2 aromatic carbocycles. The van der Waals surface area contributed by atoms with Crippen LogP contribution in [0.2, 0.25) is 0 Å². The number of benzene rings is 2. The number of aromatic nitrogens is 1. The van der Waals surface area contributed by atoms with Crippen molar-refractivity contribution in [2.45, 2.75) is 13.2 Å². The van der Waals surface area contributed by atoms with E-state index in [2.05, 4.69) is 10.3 Å². The molecule has 1 aromatic heterocycles. The van der Waals surface area contributed by atoms with Crippen LogP contribution in [0.15, 0.2) is 53.9 Å². The number of nitrogens with one attached hydrogen (secondary N) is 1. The van der Waals surface area contributed by atoms with E-state index in [9.17, 15) is 4.79 Å². The van der Waals surface area contributed by atoms with E-state index in [1.807, 2.05) is 29.6 Å². The highest BCUT2D eigenvalue weighted by atomic mass is 32.1. The minimum absolute atomic E-state index is 0.0574. The minimum Gasteiger partial charge on any atom is -0.497 e. The molecule has 7 heteroatoms. The fourth-order valence-electron chi connectivity index (χ4n) is 2.20. The standard InChI is InChI=1S/C19H18N2O4S/c1-24-17-8-6-15(7-9-17)20-19-21-16(12-26-19)11-25-18(23)14-4-2-13(10-22)3-5-14/h2-9,12,22H,10-11H2,1H3,(H,20,21). The summed E-state index contributed by atoms with van der Waals surface area (Å²) >= 11 is 1.43. The van der Waals surface area contributed by atoms with Crippen molar-refractivity contribution < 1.29 is 19.4 Å². The molecule has 0 spiro atoms. The SMILES string of the molecule is COc1ccc(Nc2nc(COC(=O)c3ccc(CO)cc3)cs2)cc1. The van der Waals surface area contributed by atoms with Crippen molar-refractivity contribution in [3.8, 4) is 5.75 Å². The first-order valence-corrected chi connectivity index (χ1v) is 8.78. The molecule has 2 N–H and O–H groups in total. The average Bonchev–Trinajstić information content (AvgIpc) is 3.14. The van der Waals surface area contributed by atoms with Crippen LogP contribution in [0.1, 0.15) is 21.6 Å². The van der Waals surface area contributed by atoms with Crippen molar-refractivity contribution in [1.29, 1.82) is 0 Å². The molecule has 3 aromatic rings. The fraction of sp³-hybridized carbons (Fsp3) is 0.158. The van der Waals surface area contributed by atoms with Gasteiger partial charge in [-0.1, -0.05) is 12.1 Å². The molecule has 0 bridgehead atoms. The van der Waals surface area contributed by atoms with Crippen molar-refractivity contribution in [3.05, 3.63) is 70.7 Å². The summed E-state index contributed by atoms with van der Waals surface area (Å²) in [4.78, 5) is 16.4. The zero-order valence-electron chi connectivity index (χ0n) is 14.1. The highest BCUT2D eigenvalue weighted by Gasteiger charge is 2.09. The van der Waals surface area contributed by atoms with Gasteiger partial charge in [-0.3, -0.25) is 0 Å². The Labute approximate surface area is 155 Å². The molecule has 0 atom stereocenters. The van der Waals surface area contributed by atoms with Gasteiger partial charge in [0.15, 0.2) is 5.13 Å². The Kier molecular flexibility index (Phi) is 5.83. The number of aliphatic hydroxyl groups is 1. The van der Waals surface area contributed by atoms with Crippen LogP contribution in [-0.4, -0.2) is 23.2 Å². The average molecular weight is 370 g/mol. The Morgan fingerprint density at radius 3 is 2.54 bits per heavy atom. The van der Waals surface area contributed by atoms with Crippen molar-refractivity contribution in [2.75, 3.05) is 12.4 Å². The number of carbonyl (C=O) groups is 1. The second-order valence-electron chi connectivity index (χ2n) is 5.43. The summed E-state index contributed by atoms with van der Waals surface area (Å²) in [5.74, 6) is 0.362. The number of thiazole rings is 1. The van der Waals surface area contributed by atoms with Crippen LogP contribution in [0.4, 0.5) is 10.8 Å². The lowest BCUT2D eigenvalue weighted by Gasteiger charge is -2.05. The fourth-order valence-corrected chi connectivity index (χ4v) is 2.91. The molecule has 0 aliphatic heterocycles. The summed E-state index contributed by atoms with van der Waals surface area (Å²) in [6.45, 7) is 0.0412. The van der Waals surface area contributed by atoms with Crippen LogP contribution in [0.5, 0.6) is 5.75 Å². The van der Waals surface area contributed by atoms with Gasteiger partial charge in [-0.05, 0) is 42.0 Å². The Balaban J connectivity index is 1.54. The van der Waals surface area contributed by atoms with Gasteiger partial charge < -0.3 is 19.9 Å². The third-order valence-corrected chi connectivity index (χ3v) is 4.42. The topological polar surface area (TPSA) is 80.7 Å². The quantitative estimate of drug-likeness (QED) is 0.617. The molecule has 0 aliphatic carbocycles. The van der Waals surface area contributed by atoms with Crippen molar-refractivity contribution in [2.24, 2.45) is 0 Å². The number of hydrogen-bond acceptors (Lipinski definition) is 7. The predicted molar refractivity (Wildman–Crippen MR) is 99.9 cm³/mol. The molecule has 0 saturated carbocycles. The first-order chi connectivity index (χ1) is 12.7. The molecular formula is C19H18N2O4S. The van der Waals surface area contributed by atoms with Gasteiger partial charge in [0.1, 0.15) is 12.4 Å². The molecule has 134 valence electrons. The summed E-state index contributed by atoms with van der Waals surface area (Å²) < 4.78 is 10.4. The number of aliphatic hydroxyl groups excluding tert-OH is 1. The number of ether oxygens (including phenoxy) is 2. The smallest absolute Gasteiger partial charge is 0.338 e. The normalized spacial score (nSPS) is 10.4. The molecule has 6 nitrogen and oxygen atoms in total. The number of carbonyl (C=O) groups excluding carboxylic acids is 1. The van der Waals surface area contributed by atoms with E-state index >= 15 is 0 Å². The maximum Gasteiger partial charge on any atom is 0.338 e. The molecule has 0 fully saturated rings. The molecular weight excluding hydrogens is 352 g/mol. The highest BCUT2D eigenvalue weighted by molar-refractivity contribution is 7.13. The van der Waals surface area contributed by atoms with Crippen molar-refractivity contribution in [1.82, 2.24) is 4.98 Å². The second kappa shape index (κ2) is 8.46. The third-order valence-electron chi connectivity index (χ3n) is 3.62. The number of methoxy groups -OCH3 is 1. The molecule has 0 saturated heterocycles. The van der Waals surface area contributed by atoms with Gasteiger partial charge in [0.25, 0.3) is 0 Å². The molecule has 26 heavy (non-hydrogen) atoms. The monoisotopic (exact) mass is 370 g/mol. The summed E-state index contributed by atoms with van der Waals surface area (Å²) in [5.41, 5.74) is 2.75. The third kappa shape index (κ3) is 4.59. The number of anilines is 2. The lowest BCUT2D eigenvalue weighted by atomic mass is 10.1. The van der Waals surface area contributed by atoms with Crippen LogP contribution in [0, 0.1) is 0 Å². The van der Waals surface area contributed by atoms with E-state index in [0.29, 0.717) is 16.4 Å². The Hall–Kier alpha value is -2.90. The molecule has 0 aliphatic rings. The Bertz CT molecular complexity index is 860.